The number of benzene rings is 22. The minimum absolute atomic E-state index is 0.118. The maximum absolute atomic E-state index is 2.51. The molecule has 0 aliphatic heterocycles. The SMILES string of the molecule is c1ccc(-c2ccc(-n3c4ccccc4c4cc5c6cc(-c7ccc8c(c7)c7ccccc7n8-c7cccc(-c8ccccc8)c7)ccc6n(-c6cccc(-c7ccccc7)c6)c5cc43)cc2)cc1.c1ccc(-c2cccc(-n3c4ccccc4c4cc(-c5ccc6c(c5)c5cc7c(cc5n6-c5cccc(-c6ccccc6)c5)C(c5ccc6ccccc6c5)c5ccccc5-7)ccc43)c2)cc1. The number of fused-ring (bicyclic) bond motifs is 19. The molecule has 1 aliphatic carbocycles. The Bertz CT molecular complexity index is 9460. The molecule has 28 rings (SSSR count). The number of para-hydroxylation sites is 3. The van der Waals surface area contributed by atoms with Crippen LogP contribution in [0.2, 0.25) is 0 Å². The van der Waals surface area contributed by atoms with Gasteiger partial charge in [0.15, 0.2) is 0 Å². The summed E-state index contributed by atoms with van der Waals surface area (Å²) in [7, 11) is 0. The van der Waals surface area contributed by atoms with Gasteiger partial charge in [-0.3, -0.25) is 0 Å². The van der Waals surface area contributed by atoms with Crippen LogP contribution in [0, 0.1) is 0 Å². The van der Waals surface area contributed by atoms with Crippen LogP contribution in [0.5, 0.6) is 0 Å². The van der Waals surface area contributed by atoms with Crippen LogP contribution < -0.4 is 0 Å². The molecule has 1 aliphatic rings. The number of hydrogen-bond acceptors (Lipinski definition) is 0. The van der Waals surface area contributed by atoms with Gasteiger partial charge in [-0.15, -0.1) is 0 Å². The minimum atomic E-state index is 0.118. The lowest BCUT2D eigenvalue weighted by Gasteiger charge is -2.16. The van der Waals surface area contributed by atoms with Crippen molar-refractivity contribution in [1.82, 2.24) is 22.8 Å². The highest BCUT2D eigenvalue weighted by molar-refractivity contribution is 6.21. The largest absolute Gasteiger partial charge is 0.309 e. The number of rotatable bonds is 13. The second kappa shape index (κ2) is 32.0. The maximum Gasteiger partial charge on any atom is 0.0562 e. The Morgan fingerprint density at radius 2 is 0.412 bits per heavy atom. The smallest absolute Gasteiger partial charge is 0.0562 e. The van der Waals surface area contributed by atoms with E-state index < -0.39 is 0 Å². The van der Waals surface area contributed by atoms with Crippen LogP contribution in [0.4, 0.5) is 0 Å². The Labute approximate surface area is 786 Å². The predicted octanol–water partition coefficient (Wildman–Crippen LogP) is 34.8. The van der Waals surface area contributed by atoms with E-state index in [4.69, 9.17) is 0 Å². The third-order valence-corrected chi connectivity index (χ3v) is 28.6. The standard InChI is InChI=1S/C66H43N3.C65H42N2/c1-4-16-44(17-5-1)47-30-34-52(35-31-47)67-61-28-12-11-27-56(61)59-42-60-58-41-51(33-37-64(58)69(66(60)43-65(59)67)54-25-15-23-49(39-54)46-20-8-3-9-21-46)50-32-36-63-57(40-50)55-26-10-13-29-62(55)68(63)53-24-14-22-48(38-53)45-18-6-2-7-19-45;1-3-15-42(16-4-1)46-21-13-23-51(36-46)66-61-28-12-11-26-54(61)57-38-48(31-33-62(57)66)49-32-34-63-58(39-49)59-40-56-53-25-9-10-27-55(53)65(50-30-29-44-19-7-8-20-45(44)35-50)60(56)41-64(59)67(63)52-24-14-22-47(37-52)43-17-5-2-6-18-43/h1-43H;1-41,65H. The summed E-state index contributed by atoms with van der Waals surface area (Å²) < 4.78 is 12.3. The first-order chi connectivity index (χ1) is 67.4. The summed E-state index contributed by atoms with van der Waals surface area (Å²) in [5.41, 5.74) is 41.1. The maximum atomic E-state index is 2.51. The molecule has 1 atom stereocenters. The molecule has 5 nitrogen and oxygen atoms in total. The van der Waals surface area contributed by atoms with Crippen molar-refractivity contribution in [3.8, 4) is 117 Å². The topological polar surface area (TPSA) is 24.6 Å². The molecule has 0 N–H and O–H groups in total. The fraction of sp³-hybridized carbons (Fsp3) is 0.00763. The highest BCUT2D eigenvalue weighted by atomic mass is 15.0. The fourth-order valence-corrected chi connectivity index (χ4v) is 22.3. The van der Waals surface area contributed by atoms with Gasteiger partial charge in [-0.2, -0.15) is 0 Å². The molecule has 1 unspecified atom stereocenters. The lowest BCUT2D eigenvalue weighted by Crippen LogP contribution is -2.00. The lowest BCUT2D eigenvalue weighted by atomic mass is 9.88. The van der Waals surface area contributed by atoms with Crippen LogP contribution in [-0.2, 0) is 0 Å². The first-order valence-electron chi connectivity index (χ1n) is 47.0. The van der Waals surface area contributed by atoms with Crippen molar-refractivity contribution in [2.24, 2.45) is 0 Å². The predicted molar refractivity (Wildman–Crippen MR) is 573 cm³/mol. The minimum Gasteiger partial charge on any atom is -0.309 e. The zero-order chi connectivity index (χ0) is 89.4. The molecule has 0 amide bonds. The van der Waals surface area contributed by atoms with Crippen LogP contribution in [0.1, 0.15) is 22.6 Å². The van der Waals surface area contributed by atoms with Gasteiger partial charge in [0.2, 0.25) is 0 Å². The van der Waals surface area contributed by atoms with Crippen LogP contribution in [0.15, 0.2) is 510 Å². The van der Waals surface area contributed by atoms with E-state index in [9.17, 15) is 0 Å². The van der Waals surface area contributed by atoms with Gasteiger partial charge in [-0.25, -0.2) is 0 Å². The normalized spacial score (nSPS) is 12.5. The molecule has 27 aromatic rings. The van der Waals surface area contributed by atoms with Crippen LogP contribution in [-0.4, -0.2) is 22.8 Å². The summed E-state index contributed by atoms with van der Waals surface area (Å²) in [5.74, 6) is 0.118. The van der Waals surface area contributed by atoms with Gasteiger partial charge in [0.1, 0.15) is 0 Å². The van der Waals surface area contributed by atoms with Crippen LogP contribution >= 0.6 is 0 Å². The van der Waals surface area contributed by atoms with Gasteiger partial charge in [0.05, 0.1) is 55.2 Å². The van der Waals surface area contributed by atoms with Gasteiger partial charge >= 0.3 is 0 Å². The molecule has 5 heteroatoms. The van der Waals surface area contributed by atoms with Crippen molar-refractivity contribution in [2.75, 3.05) is 0 Å². The Kier molecular flexibility index (Phi) is 18.3. The quantitative estimate of drug-likeness (QED) is 0.110. The molecule has 22 aromatic carbocycles. The molecule has 136 heavy (non-hydrogen) atoms. The van der Waals surface area contributed by atoms with Gasteiger partial charge in [0, 0.05) is 88.2 Å². The van der Waals surface area contributed by atoms with E-state index in [1.165, 1.54) is 226 Å². The molecule has 0 spiro atoms. The summed E-state index contributed by atoms with van der Waals surface area (Å²) in [4.78, 5) is 0. The van der Waals surface area contributed by atoms with Gasteiger partial charge in [0.25, 0.3) is 0 Å². The average molecular weight is 1730 g/mol. The Morgan fingerprint density at radius 3 is 0.838 bits per heavy atom. The van der Waals surface area contributed by atoms with Crippen molar-refractivity contribution in [3.63, 3.8) is 0 Å². The number of aromatic nitrogens is 5. The zero-order valence-electron chi connectivity index (χ0n) is 74.3. The van der Waals surface area contributed by atoms with E-state index in [-0.39, 0.29) is 5.92 Å². The molecular weight excluding hydrogens is 1640 g/mol. The van der Waals surface area contributed by atoms with Crippen LogP contribution in [0.25, 0.3) is 237 Å². The van der Waals surface area contributed by atoms with E-state index in [0.717, 1.165) is 28.4 Å². The van der Waals surface area contributed by atoms with E-state index in [2.05, 4.69) is 532 Å². The second-order valence-electron chi connectivity index (χ2n) is 36.2. The molecule has 0 radical (unpaired) electrons. The number of hydrogen-bond donors (Lipinski definition) is 0. The lowest BCUT2D eigenvalue weighted by molar-refractivity contribution is 1.02. The summed E-state index contributed by atoms with van der Waals surface area (Å²) in [6, 6.07) is 188. The highest BCUT2D eigenvalue weighted by Crippen LogP contribution is 2.53. The molecule has 0 bridgehead atoms. The Balaban J connectivity index is 0.000000138. The summed E-state index contributed by atoms with van der Waals surface area (Å²) >= 11 is 0. The first kappa shape index (κ1) is 78.0. The van der Waals surface area contributed by atoms with Crippen molar-refractivity contribution in [1.29, 1.82) is 0 Å². The first-order valence-corrected chi connectivity index (χ1v) is 47.0. The molecular formula is C131H85N5. The molecule has 634 valence electrons. The molecule has 5 heterocycles. The Hall–Kier alpha value is -17.9. The molecule has 5 aromatic heterocycles. The van der Waals surface area contributed by atoms with E-state index >= 15 is 0 Å². The van der Waals surface area contributed by atoms with Gasteiger partial charge in [-0.1, -0.05) is 358 Å². The molecule has 0 saturated heterocycles. The second-order valence-corrected chi connectivity index (χ2v) is 36.2. The van der Waals surface area contributed by atoms with E-state index in [0.29, 0.717) is 0 Å². The Morgan fingerprint density at radius 1 is 0.125 bits per heavy atom. The van der Waals surface area contributed by atoms with Crippen molar-refractivity contribution < 1.29 is 0 Å². The van der Waals surface area contributed by atoms with Gasteiger partial charge in [-0.05, 0) is 268 Å². The fourth-order valence-electron chi connectivity index (χ4n) is 22.3. The van der Waals surface area contributed by atoms with Crippen molar-refractivity contribution in [3.05, 3.63) is 526 Å². The van der Waals surface area contributed by atoms with Crippen molar-refractivity contribution in [2.45, 2.75) is 5.92 Å². The summed E-state index contributed by atoms with van der Waals surface area (Å²) in [6.07, 6.45) is 0. The molecule has 0 saturated carbocycles. The van der Waals surface area contributed by atoms with E-state index in [1.54, 1.807) is 0 Å². The van der Waals surface area contributed by atoms with Crippen molar-refractivity contribution >= 4 is 120 Å². The third-order valence-electron chi connectivity index (χ3n) is 28.6. The van der Waals surface area contributed by atoms with Crippen LogP contribution in [0.3, 0.4) is 0 Å². The van der Waals surface area contributed by atoms with Gasteiger partial charge < -0.3 is 22.8 Å². The average Bonchev–Trinajstić information content (AvgIpc) is 1.56. The highest BCUT2D eigenvalue weighted by Gasteiger charge is 2.33. The third kappa shape index (κ3) is 13.0. The monoisotopic (exact) mass is 1730 g/mol. The molecule has 0 fully saturated rings. The number of nitrogens with zero attached hydrogens (tertiary/aromatic N) is 5. The zero-order valence-corrected chi connectivity index (χ0v) is 74.3. The summed E-state index contributed by atoms with van der Waals surface area (Å²) in [5, 5.41) is 14.9. The summed E-state index contributed by atoms with van der Waals surface area (Å²) in [6.45, 7) is 0. The van der Waals surface area contributed by atoms with E-state index in [1.807, 2.05) is 0 Å².